The molecule has 19 heavy (non-hydrogen) atoms. The highest BCUT2D eigenvalue weighted by molar-refractivity contribution is 6.35. The Kier molecular flexibility index (Phi) is 4.25. The minimum atomic E-state index is -0.288. The fraction of sp³-hybridized carbons (Fsp3) is 0. The third-order valence-corrected chi connectivity index (χ3v) is 3.11. The summed E-state index contributed by atoms with van der Waals surface area (Å²) in [5.41, 5.74) is 0.943. The second-order valence-electron chi connectivity index (χ2n) is 3.88. The lowest BCUT2D eigenvalue weighted by molar-refractivity contribution is 0.104. The van der Waals surface area contributed by atoms with E-state index in [1.54, 1.807) is 42.5 Å². The molecule has 0 radical (unpaired) electrons. The summed E-state index contributed by atoms with van der Waals surface area (Å²) in [4.78, 5) is 11.9. The van der Waals surface area contributed by atoms with Crippen LogP contribution in [-0.4, -0.2) is 10.9 Å². The lowest BCUT2D eigenvalue weighted by atomic mass is 10.1. The number of carbonyl (C=O) groups is 1. The summed E-state index contributed by atoms with van der Waals surface area (Å²) in [6.07, 6.45) is 2.96. The quantitative estimate of drug-likeness (QED) is 0.663. The molecule has 4 heteroatoms. The van der Waals surface area contributed by atoms with Crippen molar-refractivity contribution in [3.63, 3.8) is 0 Å². The molecule has 0 fully saturated rings. The van der Waals surface area contributed by atoms with Gasteiger partial charge in [-0.15, -0.1) is 0 Å². The van der Waals surface area contributed by atoms with Crippen LogP contribution in [0.2, 0.25) is 10.0 Å². The first kappa shape index (κ1) is 13.7. The summed E-state index contributed by atoms with van der Waals surface area (Å²) < 4.78 is 0. The van der Waals surface area contributed by atoms with Crippen molar-refractivity contribution in [1.82, 2.24) is 0 Å². The molecule has 0 aliphatic carbocycles. The van der Waals surface area contributed by atoms with Crippen LogP contribution in [0.15, 0.2) is 48.5 Å². The zero-order valence-corrected chi connectivity index (χ0v) is 11.3. The van der Waals surface area contributed by atoms with E-state index in [1.807, 2.05) is 0 Å². The van der Waals surface area contributed by atoms with Crippen LogP contribution in [0.4, 0.5) is 0 Å². The number of aromatic hydroxyl groups is 1. The Morgan fingerprint density at radius 3 is 2.53 bits per heavy atom. The molecule has 0 saturated heterocycles. The molecule has 0 aliphatic heterocycles. The van der Waals surface area contributed by atoms with Crippen LogP contribution in [0.25, 0.3) is 6.08 Å². The fourth-order valence-corrected chi connectivity index (χ4v) is 2.05. The standard InChI is InChI=1S/C15H10Cl2O2/c16-11-7-5-10(13(17)9-11)6-8-15(19)12-3-1-2-4-14(12)18/h1-9,18H/b8-6+. The first-order valence-electron chi connectivity index (χ1n) is 5.53. The number of para-hydroxylation sites is 1. The molecule has 0 heterocycles. The van der Waals surface area contributed by atoms with Crippen molar-refractivity contribution in [3.8, 4) is 5.75 Å². The van der Waals surface area contributed by atoms with E-state index >= 15 is 0 Å². The Bertz CT molecular complexity index is 648. The van der Waals surface area contributed by atoms with Crippen molar-refractivity contribution in [2.24, 2.45) is 0 Å². The van der Waals surface area contributed by atoms with E-state index in [-0.39, 0.29) is 17.1 Å². The molecule has 0 saturated carbocycles. The van der Waals surface area contributed by atoms with E-state index in [0.717, 1.165) is 0 Å². The Balaban J connectivity index is 2.24. The topological polar surface area (TPSA) is 37.3 Å². The molecule has 2 aromatic rings. The summed E-state index contributed by atoms with van der Waals surface area (Å²) in [5, 5.41) is 10.6. The van der Waals surface area contributed by atoms with Gasteiger partial charge in [0.25, 0.3) is 0 Å². The molecule has 1 N–H and O–H groups in total. The van der Waals surface area contributed by atoms with E-state index in [0.29, 0.717) is 15.6 Å². The Morgan fingerprint density at radius 2 is 1.84 bits per heavy atom. The molecule has 0 aromatic heterocycles. The maximum absolute atomic E-state index is 11.9. The molecule has 96 valence electrons. The minimum Gasteiger partial charge on any atom is -0.507 e. The SMILES string of the molecule is O=C(/C=C/c1ccc(Cl)cc1Cl)c1ccccc1O. The van der Waals surface area contributed by atoms with Crippen molar-refractivity contribution in [2.45, 2.75) is 0 Å². The number of ketones is 1. The fourth-order valence-electron chi connectivity index (χ4n) is 1.57. The number of halogens is 2. The molecule has 2 rings (SSSR count). The van der Waals surface area contributed by atoms with Crippen LogP contribution in [0.1, 0.15) is 15.9 Å². The van der Waals surface area contributed by atoms with Crippen LogP contribution in [0, 0.1) is 0 Å². The van der Waals surface area contributed by atoms with E-state index in [4.69, 9.17) is 23.2 Å². The molecule has 0 bridgehead atoms. The summed E-state index contributed by atoms with van der Waals surface area (Å²) in [6, 6.07) is 11.4. The zero-order valence-electron chi connectivity index (χ0n) is 9.81. The molecule has 0 amide bonds. The third kappa shape index (κ3) is 3.37. The predicted molar refractivity (Wildman–Crippen MR) is 77.9 cm³/mol. The van der Waals surface area contributed by atoms with E-state index in [2.05, 4.69) is 0 Å². The number of benzene rings is 2. The van der Waals surface area contributed by atoms with Gasteiger partial charge in [-0.3, -0.25) is 4.79 Å². The van der Waals surface area contributed by atoms with Gasteiger partial charge < -0.3 is 5.11 Å². The first-order valence-corrected chi connectivity index (χ1v) is 6.29. The maximum atomic E-state index is 11.9. The molecule has 2 nitrogen and oxygen atoms in total. The molecule has 2 aromatic carbocycles. The van der Waals surface area contributed by atoms with E-state index in [1.165, 1.54) is 12.1 Å². The van der Waals surface area contributed by atoms with Gasteiger partial charge in [0, 0.05) is 10.0 Å². The van der Waals surface area contributed by atoms with Crippen molar-refractivity contribution in [2.75, 3.05) is 0 Å². The van der Waals surface area contributed by atoms with Gasteiger partial charge in [-0.05, 0) is 42.0 Å². The Labute approximate surface area is 120 Å². The number of allylic oxidation sites excluding steroid dienone is 1. The van der Waals surface area contributed by atoms with Gasteiger partial charge in [0.1, 0.15) is 5.75 Å². The van der Waals surface area contributed by atoms with Crippen molar-refractivity contribution >= 4 is 35.1 Å². The van der Waals surface area contributed by atoms with Gasteiger partial charge in [-0.2, -0.15) is 0 Å². The smallest absolute Gasteiger partial charge is 0.189 e. The number of carbonyl (C=O) groups excluding carboxylic acids is 1. The number of hydrogen-bond acceptors (Lipinski definition) is 2. The third-order valence-electron chi connectivity index (χ3n) is 2.55. The van der Waals surface area contributed by atoms with Crippen molar-refractivity contribution in [1.29, 1.82) is 0 Å². The average Bonchev–Trinajstić information content (AvgIpc) is 2.38. The van der Waals surface area contributed by atoms with Gasteiger partial charge in [0.05, 0.1) is 5.56 Å². The van der Waals surface area contributed by atoms with Gasteiger partial charge in [-0.1, -0.05) is 41.4 Å². The van der Waals surface area contributed by atoms with E-state index < -0.39 is 0 Å². The summed E-state index contributed by atoms with van der Waals surface area (Å²) in [6.45, 7) is 0. The summed E-state index contributed by atoms with van der Waals surface area (Å²) in [5.74, 6) is -0.330. The Hall–Kier alpha value is -1.77. The van der Waals surface area contributed by atoms with Crippen molar-refractivity contribution < 1.29 is 9.90 Å². The highest BCUT2D eigenvalue weighted by atomic mass is 35.5. The van der Waals surface area contributed by atoms with Crippen LogP contribution in [0.5, 0.6) is 5.75 Å². The monoisotopic (exact) mass is 292 g/mol. The van der Waals surface area contributed by atoms with Gasteiger partial charge >= 0.3 is 0 Å². The predicted octanol–water partition coefficient (Wildman–Crippen LogP) is 4.60. The first-order chi connectivity index (χ1) is 9.08. The van der Waals surface area contributed by atoms with Crippen LogP contribution >= 0.6 is 23.2 Å². The van der Waals surface area contributed by atoms with Gasteiger partial charge in [0.2, 0.25) is 0 Å². The molecule has 0 aliphatic rings. The molecular formula is C15H10Cl2O2. The van der Waals surface area contributed by atoms with Crippen molar-refractivity contribution in [3.05, 3.63) is 69.7 Å². The van der Waals surface area contributed by atoms with Gasteiger partial charge in [0.15, 0.2) is 5.78 Å². The zero-order chi connectivity index (χ0) is 13.8. The van der Waals surface area contributed by atoms with E-state index in [9.17, 15) is 9.90 Å². The second-order valence-corrected chi connectivity index (χ2v) is 4.72. The number of rotatable bonds is 3. The molecular weight excluding hydrogens is 283 g/mol. The number of phenolic OH excluding ortho intramolecular Hbond substituents is 1. The molecule has 0 unspecified atom stereocenters. The minimum absolute atomic E-state index is 0.0423. The van der Waals surface area contributed by atoms with Crippen LogP contribution < -0.4 is 0 Å². The van der Waals surface area contributed by atoms with Crippen LogP contribution in [-0.2, 0) is 0 Å². The highest BCUT2D eigenvalue weighted by Crippen LogP contribution is 2.23. The number of phenols is 1. The summed E-state index contributed by atoms with van der Waals surface area (Å²) in [7, 11) is 0. The maximum Gasteiger partial charge on any atom is 0.189 e. The average molecular weight is 293 g/mol. The molecule has 0 spiro atoms. The second kappa shape index (κ2) is 5.91. The lowest BCUT2D eigenvalue weighted by Gasteiger charge is -2.00. The Morgan fingerprint density at radius 1 is 1.11 bits per heavy atom. The highest BCUT2D eigenvalue weighted by Gasteiger charge is 2.06. The lowest BCUT2D eigenvalue weighted by Crippen LogP contribution is -1.94. The van der Waals surface area contributed by atoms with Crippen LogP contribution in [0.3, 0.4) is 0 Å². The summed E-state index contributed by atoms with van der Waals surface area (Å²) >= 11 is 11.8. The largest absolute Gasteiger partial charge is 0.507 e. The normalized spacial score (nSPS) is 10.8. The molecule has 0 atom stereocenters. The van der Waals surface area contributed by atoms with Gasteiger partial charge in [-0.25, -0.2) is 0 Å². The number of hydrogen-bond donors (Lipinski definition) is 1.